The van der Waals surface area contributed by atoms with Crippen molar-refractivity contribution in [2.75, 3.05) is 20.2 Å². The number of nitrogens with two attached hydrogens (primary N) is 1. The number of methoxy groups -OCH3 is 1. The Labute approximate surface area is 131 Å². The van der Waals surface area contributed by atoms with Crippen molar-refractivity contribution < 1.29 is 14.3 Å². The van der Waals surface area contributed by atoms with E-state index in [9.17, 15) is 4.79 Å². The van der Waals surface area contributed by atoms with E-state index in [0.29, 0.717) is 30.2 Å². The molecule has 1 rings (SSSR count). The Morgan fingerprint density at radius 2 is 1.86 bits per heavy atom. The molecule has 1 unspecified atom stereocenters. The minimum atomic E-state index is -0.587. The van der Waals surface area contributed by atoms with Gasteiger partial charge in [-0.2, -0.15) is 0 Å². The number of benzene rings is 1. The van der Waals surface area contributed by atoms with Crippen LogP contribution in [0.25, 0.3) is 0 Å². The van der Waals surface area contributed by atoms with Crippen LogP contribution in [0.1, 0.15) is 26.3 Å². The van der Waals surface area contributed by atoms with Crippen molar-refractivity contribution in [2.45, 2.75) is 26.9 Å². The average molecular weight is 310 g/mol. The Kier molecular flexibility index (Phi) is 6.42. The van der Waals surface area contributed by atoms with Crippen molar-refractivity contribution in [3.05, 3.63) is 23.8 Å². The molecule has 1 amide bonds. The lowest BCUT2D eigenvalue weighted by molar-refractivity contribution is -0.137. The Hall–Kier alpha value is -1.82. The SMILES string of the molecule is CCN(CC)C(=O)C(C)Oc1cc(OC)cc(C(N)=S)c1. The second-order valence-corrected chi connectivity index (χ2v) is 4.97. The van der Waals surface area contributed by atoms with Gasteiger partial charge in [-0.3, -0.25) is 4.79 Å². The van der Waals surface area contributed by atoms with E-state index in [4.69, 9.17) is 27.4 Å². The normalized spacial score (nSPS) is 11.6. The highest BCUT2D eigenvalue weighted by Crippen LogP contribution is 2.24. The van der Waals surface area contributed by atoms with Crippen molar-refractivity contribution in [1.82, 2.24) is 4.90 Å². The van der Waals surface area contributed by atoms with E-state index in [1.165, 1.54) is 0 Å². The molecule has 1 aromatic carbocycles. The number of hydrogen-bond donors (Lipinski definition) is 1. The lowest BCUT2D eigenvalue weighted by Crippen LogP contribution is -2.40. The number of hydrogen-bond acceptors (Lipinski definition) is 4. The van der Waals surface area contributed by atoms with Gasteiger partial charge in [0.2, 0.25) is 0 Å². The first-order valence-electron chi connectivity index (χ1n) is 6.87. The molecule has 6 heteroatoms. The second kappa shape index (κ2) is 7.83. The quantitative estimate of drug-likeness (QED) is 0.780. The summed E-state index contributed by atoms with van der Waals surface area (Å²) in [6.07, 6.45) is -0.587. The molecule has 0 saturated carbocycles. The number of ether oxygens (including phenoxy) is 2. The predicted molar refractivity (Wildman–Crippen MR) is 86.9 cm³/mol. The van der Waals surface area contributed by atoms with Gasteiger partial charge >= 0.3 is 0 Å². The number of carbonyl (C=O) groups excluding carboxylic acids is 1. The molecule has 0 spiro atoms. The van der Waals surface area contributed by atoms with E-state index in [2.05, 4.69) is 0 Å². The zero-order chi connectivity index (χ0) is 16.0. The van der Waals surface area contributed by atoms with Crippen LogP contribution in [0.2, 0.25) is 0 Å². The van der Waals surface area contributed by atoms with Crippen LogP contribution in [0.3, 0.4) is 0 Å². The fraction of sp³-hybridized carbons (Fsp3) is 0.467. The Morgan fingerprint density at radius 3 is 2.33 bits per heavy atom. The van der Waals surface area contributed by atoms with Gasteiger partial charge in [0.25, 0.3) is 5.91 Å². The number of thiocarbonyl (C=S) groups is 1. The first-order valence-corrected chi connectivity index (χ1v) is 7.28. The smallest absolute Gasteiger partial charge is 0.263 e. The van der Waals surface area contributed by atoms with Crippen LogP contribution in [0, 0.1) is 0 Å². The van der Waals surface area contributed by atoms with Gasteiger partial charge in [-0.25, -0.2) is 0 Å². The highest BCUT2D eigenvalue weighted by atomic mass is 32.1. The van der Waals surface area contributed by atoms with E-state index < -0.39 is 6.10 Å². The minimum Gasteiger partial charge on any atom is -0.497 e. The van der Waals surface area contributed by atoms with Crippen molar-refractivity contribution >= 4 is 23.1 Å². The molecule has 1 aromatic rings. The molecule has 0 aliphatic rings. The van der Waals surface area contributed by atoms with E-state index >= 15 is 0 Å². The molecule has 116 valence electrons. The highest BCUT2D eigenvalue weighted by molar-refractivity contribution is 7.80. The zero-order valence-electron chi connectivity index (χ0n) is 12.9. The van der Waals surface area contributed by atoms with Gasteiger partial charge in [0.1, 0.15) is 16.5 Å². The fourth-order valence-electron chi connectivity index (χ4n) is 1.95. The Bertz CT molecular complexity index is 516. The predicted octanol–water partition coefficient (Wildman–Crippen LogP) is 1.97. The molecule has 0 bridgehead atoms. The number of nitrogens with zero attached hydrogens (tertiary/aromatic N) is 1. The van der Waals surface area contributed by atoms with Gasteiger partial charge < -0.3 is 20.1 Å². The van der Waals surface area contributed by atoms with Crippen molar-refractivity contribution in [1.29, 1.82) is 0 Å². The lowest BCUT2D eigenvalue weighted by atomic mass is 10.2. The summed E-state index contributed by atoms with van der Waals surface area (Å²) >= 11 is 4.96. The largest absolute Gasteiger partial charge is 0.497 e. The third-order valence-electron chi connectivity index (χ3n) is 3.14. The molecule has 0 radical (unpaired) electrons. The molecule has 5 nitrogen and oxygen atoms in total. The van der Waals surface area contributed by atoms with Gasteiger partial charge in [-0.05, 0) is 32.9 Å². The van der Waals surface area contributed by atoms with Crippen LogP contribution in [0.15, 0.2) is 18.2 Å². The summed E-state index contributed by atoms with van der Waals surface area (Å²) in [6, 6.07) is 5.14. The molecule has 0 fully saturated rings. The topological polar surface area (TPSA) is 64.8 Å². The average Bonchev–Trinajstić information content (AvgIpc) is 2.47. The molecule has 0 saturated heterocycles. The molecule has 1 atom stereocenters. The van der Waals surface area contributed by atoms with Crippen LogP contribution in [-0.4, -0.2) is 42.1 Å². The first-order chi connectivity index (χ1) is 9.92. The Balaban J connectivity index is 2.93. The van der Waals surface area contributed by atoms with E-state index in [1.807, 2.05) is 13.8 Å². The van der Waals surface area contributed by atoms with E-state index in [1.54, 1.807) is 37.1 Å². The second-order valence-electron chi connectivity index (χ2n) is 4.53. The molecule has 0 aromatic heterocycles. The van der Waals surface area contributed by atoms with Crippen molar-refractivity contribution in [3.63, 3.8) is 0 Å². The summed E-state index contributed by atoms with van der Waals surface area (Å²) in [6.45, 7) is 6.90. The summed E-state index contributed by atoms with van der Waals surface area (Å²) in [4.78, 5) is 14.2. The van der Waals surface area contributed by atoms with Crippen LogP contribution >= 0.6 is 12.2 Å². The van der Waals surface area contributed by atoms with Crippen LogP contribution in [0.4, 0.5) is 0 Å². The summed E-state index contributed by atoms with van der Waals surface area (Å²) in [7, 11) is 1.55. The first kappa shape index (κ1) is 17.2. The molecule has 0 heterocycles. The van der Waals surface area contributed by atoms with Crippen molar-refractivity contribution in [3.8, 4) is 11.5 Å². The summed E-state index contributed by atoms with van der Waals surface area (Å²) < 4.78 is 10.9. The van der Waals surface area contributed by atoms with Gasteiger partial charge in [-0.15, -0.1) is 0 Å². The monoisotopic (exact) mass is 310 g/mol. The lowest BCUT2D eigenvalue weighted by Gasteiger charge is -2.23. The number of rotatable bonds is 7. The Morgan fingerprint density at radius 1 is 1.29 bits per heavy atom. The fourth-order valence-corrected chi connectivity index (χ4v) is 2.06. The molecule has 2 N–H and O–H groups in total. The maximum atomic E-state index is 12.2. The van der Waals surface area contributed by atoms with Gasteiger partial charge in [0, 0.05) is 24.7 Å². The zero-order valence-corrected chi connectivity index (χ0v) is 13.7. The van der Waals surface area contributed by atoms with E-state index in [-0.39, 0.29) is 10.9 Å². The molecular weight excluding hydrogens is 288 g/mol. The molecular formula is C15H22N2O3S. The molecule has 21 heavy (non-hydrogen) atoms. The van der Waals surface area contributed by atoms with Gasteiger partial charge in [0.05, 0.1) is 7.11 Å². The van der Waals surface area contributed by atoms with Gasteiger partial charge in [-0.1, -0.05) is 12.2 Å². The maximum absolute atomic E-state index is 12.2. The highest BCUT2D eigenvalue weighted by Gasteiger charge is 2.20. The summed E-state index contributed by atoms with van der Waals surface area (Å²) in [5.74, 6) is 1.03. The molecule has 0 aliphatic heterocycles. The number of amides is 1. The van der Waals surface area contributed by atoms with Gasteiger partial charge in [0.15, 0.2) is 6.10 Å². The van der Waals surface area contributed by atoms with Crippen molar-refractivity contribution in [2.24, 2.45) is 5.73 Å². The maximum Gasteiger partial charge on any atom is 0.263 e. The van der Waals surface area contributed by atoms with Crippen LogP contribution in [-0.2, 0) is 4.79 Å². The summed E-state index contributed by atoms with van der Waals surface area (Å²) in [5.41, 5.74) is 6.27. The van der Waals surface area contributed by atoms with Crippen LogP contribution < -0.4 is 15.2 Å². The van der Waals surface area contributed by atoms with Crippen LogP contribution in [0.5, 0.6) is 11.5 Å². The third-order valence-corrected chi connectivity index (χ3v) is 3.37. The minimum absolute atomic E-state index is 0.0558. The number of likely N-dealkylation sites (N-methyl/N-ethyl adjacent to an activating group) is 1. The van der Waals surface area contributed by atoms with E-state index in [0.717, 1.165) is 0 Å². The third kappa shape index (κ3) is 4.60. The standard InChI is InChI=1S/C15H22N2O3S/c1-5-17(6-2)15(18)10(3)20-13-8-11(14(16)21)7-12(9-13)19-4/h7-10H,5-6H2,1-4H3,(H2,16,21). The number of carbonyl (C=O) groups is 1. The summed E-state index contributed by atoms with van der Waals surface area (Å²) in [5, 5.41) is 0. The molecule has 0 aliphatic carbocycles.